The third-order valence-corrected chi connectivity index (χ3v) is 2.56. The Labute approximate surface area is 110 Å². The molecule has 4 nitrogen and oxygen atoms in total. The number of rotatable bonds is 6. The molecule has 0 radical (unpaired) electrons. The SMILES string of the molecule is CCCNc1nc(NC(C)CC)cc(C(F)(F)F)n1. The molecule has 0 aliphatic rings. The molecule has 0 spiro atoms. The van der Waals surface area contributed by atoms with Crippen LogP contribution in [-0.4, -0.2) is 22.6 Å². The van der Waals surface area contributed by atoms with Gasteiger partial charge in [0.1, 0.15) is 5.82 Å². The number of alkyl halides is 3. The number of hydrogen-bond acceptors (Lipinski definition) is 4. The van der Waals surface area contributed by atoms with Gasteiger partial charge in [-0.15, -0.1) is 0 Å². The first kappa shape index (κ1) is 15.5. The fourth-order valence-corrected chi connectivity index (χ4v) is 1.34. The Morgan fingerprint density at radius 1 is 1.26 bits per heavy atom. The molecule has 1 unspecified atom stereocenters. The molecule has 0 saturated heterocycles. The van der Waals surface area contributed by atoms with Crippen LogP contribution in [-0.2, 0) is 6.18 Å². The summed E-state index contributed by atoms with van der Waals surface area (Å²) in [5.74, 6) is 0.192. The molecule has 0 aliphatic heterocycles. The van der Waals surface area contributed by atoms with E-state index in [-0.39, 0.29) is 17.8 Å². The third-order valence-electron chi connectivity index (χ3n) is 2.56. The van der Waals surface area contributed by atoms with Gasteiger partial charge in [0.15, 0.2) is 5.69 Å². The van der Waals surface area contributed by atoms with Crippen LogP contribution in [0.3, 0.4) is 0 Å². The van der Waals surface area contributed by atoms with Gasteiger partial charge in [-0.3, -0.25) is 0 Å². The molecule has 1 aromatic rings. The molecule has 2 N–H and O–H groups in total. The molecule has 0 amide bonds. The first-order chi connectivity index (χ1) is 8.86. The van der Waals surface area contributed by atoms with E-state index in [0.717, 1.165) is 18.9 Å². The van der Waals surface area contributed by atoms with Gasteiger partial charge in [0.05, 0.1) is 0 Å². The van der Waals surface area contributed by atoms with Crippen molar-refractivity contribution in [1.82, 2.24) is 9.97 Å². The quantitative estimate of drug-likeness (QED) is 0.834. The van der Waals surface area contributed by atoms with Gasteiger partial charge in [0, 0.05) is 18.7 Å². The minimum absolute atomic E-state index is 0.00229. The fourth-order valence-electron chi connectivity index (χ4n) is 1.34. The van der Waals surface area contributed by atoms with Gasteiger partial charge < -0.3 is 10.6 Å². The molecule has 0 aliphatic carbocycles. The minimum Gasteiger partial charge on any atom is -0.367 e. The summed E-state index contributed by atoms with van der Waals surface area (Å²) in [4.78, 5) is 7.53. The summed E-state index contributed by atoms with van der Waals surface area (Å²) >= 11 is 0. The van der Waals surface area contributed by atoms with Crippen molar-refractivity contribution in [1.29, 1.82) is 0 Å². The zero-order valence-electron chi connectivity index (χ0n) is 11.3. The monoisotopic (exact) mass is 276 g/mol. The lowest BCUT2D eigenvalue weighted by Gasteiger charge is -2.15. The molecule has 19 heavy (non-hydrogen) atoms. The van der Waals surface area contributed by atoms with E-state index in [1.807, 2.05) is 20.8 Å². The molecule has 0 saturated carbocycles. The molecule has 1 atom stereocenters. The van der Waals surface area contributed by atoms with E-state index in [1.165, 1.54) is 0 Å². The fraction of sp³-hybridized carbons (Fsp3) is 0.667. The van der Waals surface area contributed by atoms with Crippen molar-refractivity contribution in [3.63, 3.8) is 0 Å². The molecule has 1 rings (SSSR count). The summed E-state index contributed by atoms with van der Waals surface area (Å²) in [6.07, 6.45) is -2.89. The molecular weight excluding hydrogens is 257 g/mol. The second-order valence-corrected chi connectivity index (χ2v) is 4.34. The van der Waals surface area contributed by atoms with E-state index in [2.05, 4.69) is 20.6 Å². The lowest BCUT2D eigenvalue weighted by molar-refractivity contribution is -0.141. The van der Waals surface area contributed by atoms with Gasteiger partial charge in [-0.25, -0.2) is 4.98 Å². The Morgan fingerprint density at radius 3 is 2.47 bits per heavy atom. The molecule has 0 fully saturated rings. The largest absolute Gasteiger partial charge is 0.433 e. The highest BCUT2D eigenvalue weighted by molar-refractivity contribution is 5.43. The van der Waals surface area contributed by atoms with Crippen LogP contribution in [0.2, 0.25) is 0 Å². The van der Waals surface area contributed by atoms with Crippen LogP contribution in [0.15, 0.2) is 6.07 Å². The van der Waals surface area contributed by atoms with Crippen LogP contribution in [0.5, 0.6) is 0 Å². The Bertz CT molecular complexity index is 406. The average molecular weight is 276 g/mol. The van der Waals surface area contributed by atoms with E-state index in [4.69, 9.17) is 0 Å². The topological polar surface area (TPSA) is 49.8 Å². The highest BCUT2D eigenvalue weighted by Crippen LogP contribution is 2.29. The van der Waals surface area contributed by atoms with Gasteiger partial charge in [-0.1, -0.05) is 13.8 Å². The van der Waals surface area contributed by atoms with Crippen LogP contribution < -0.4 is 10.6 Å². The standard InChI is InChI=1S/C12H19F3N4/c1-4-6-16-11-18-9(12(13,14)15)7-10(19-11)17-8(3)5-2/h7-8H,4-6H2,1-3H3,(H2,16,17,18,19). The van der Waals surface area contributed by atoms with Gasteiger partial charge in [0.2, 0.25) is 5.95 Å². The van der Waals surface area contributed by atoms with Crippen molar-refractivity contribution in [3.8, 4) is 0 Å². The summed E-state index contributed by atoms with van der Waals surface area (Å²) in [6.45, 7) is 6.28. The van der Waals surface area contributed by atoms with Crippen LogP contribution in [0.25, 0.3) is 0 Å². The first-order valence-electron chi connectivity index (χ1n) is 6.33. The Morgan fingerprint density at radius 2 is 1.95 bits per heavy atom. The number of anilines is 2. The van der Waals surface area contributed by atoms with Crippen molar-refractivity contribution in [2.24, 2.45) is 0 Å². The molecule has 7 heteroatoms. The van der Waals surface area contributed by atoms with Crippen molar-refractivity contribution in [2.75, 3.05) is 17.2 Å². The number of nitrogens with one attached hydrogen (secondary N) is 2. The summed E-state index contributed by atoms with van der Waals surface area (Å²) in [7, 11) is 0. The number of nitrogens with zero attached hydrogens (tertiary/aromatic N) is 2. The van der Waals surface area contributed by atoms with E-state index in [1.54, 1.807) is 0 Å². The molecule has 108 valence electrons. The predicted molar refractivity (Wildman–Crippen MR) is 69.2 cm³/mol. The molecule has 1 aromatic heterocycles. The van der Waals surface area contributed by atoms with Gasteiger partial charge >= 0.3 is 6.18 Å². The predicted octanol–water partition coefficient (Wildman–Crippen LogP) is 3.53. The van der Waals surface area contributed by atoms with E-state index >= 15 is 0 Å². The number of hydrogen-bond donors (Lipinski definition) is 2. The summed E-state index contributed by atoms with van der Waals surface area (Å²) in [5.41, 5.74) is -0.938. The van der Waals surface area contributed by atoms with Gasteiger partial charge in [-0.05, 0) is 19.8 Å². The maximum absolute atomic E-state index is 12.7. The second-order valence-electron chi connectivity index (χ2n) is 4.34. The summed E-state index contributed by atoms with van der Waals surface area (Å²) in [6, 6.07) is 0.985. The van der Waals surface area contributed by atoms with Gasteiger partial charge in [-0.2, -0.15) is 18.2 Å². The van der Waals surface area contributed by atoms with Crippen LogP contribution in [0.1, 0.15) is 39.3 Å². The van der Waals surface area contributed by atoms with E-state index in [9.17, 15) is 13.2 Å². The van der Waals surface area contributed by atoms with Crippen LogP contribution in [0, 0.1) is 0 Å². The zero-order chi connectivity index (χ0) is 14.5. The van der Waals surface area contributed by atoms with Crippen molar-refractivity contribution in [2.45, 2.75) is 45.8 Å². The van der Waals surface area contributed by atoms with Crippen LogP contribution in [0.4, 0.5) is 24.9 Å². The Balaban J connectivity index is 3.02. The normalized spacial score (nSPS) is 13.2. The molecule has 0 bridgehead atoms. The van der Waals surface area contributed by atoms with Crippen molar-refractivity contribution >= 4 is 11.8 Å². The zero-order valence-corrected chi connectivity index (χ0v) is 11.3. The van der Waals surface area contributed by atoms with Crippen LogP contribution >= 0.6 is 0 Å². The summed E-state index contributed by atoms with van der Waals surface area (Å²) < 4.78 is 38.2. The highest BCUT2D eigenvalue weighted by atomic mass is 19.4. The maximum atomic E-state index is 12.7. The Kier molecular flexibility index (Phi) is 5.38. The van der Waals surface area contributed by atoms with E-state index in [0.29, 0.717) is 6.54 Å². The van der Waals surface area contributed by atoms with Crippen molar-refractivity contribution < 1.29 is 13.2 Å². The molecule has 0 aromatic carbocycles. The molecule has 1 heterocycles. The number of halogens is 3. The first-order valence-corrected chi connectivity index (χ1v) is 6.33. The maximum Gasteiger partial charge on any atom is 0.433 e. The lowest BCUT2D eigenvalue weighted by atomic mass is 10.2. The minimum atomic E-state index is -4.47. The third kappa shape index (κ3) is 4.92. The average Bonchev–Trinajstić information content (AvgIpc) is 2.34. The smallest absolute Gasteiger partial charge is 0.367 e. The number of aromatic nitrogens is 2. The molecular formula is C12H19F3N4. The summed E-state index contributed by atoms with van der Waals surface area (Å²) in [5, 5.41) is 5.71. The lowest BCUT2D eigenvalue weighted by Crippen LogP contribution is -2.18. The van der Waals surface area contributed by atoms with E-state index < -0.39 is 11.9 Å². The Hall–Kier alpha value is -1.53. The van der Waals surface area contributed by atoms with Crippen molar-refractivity contribution in [3.05, 3.63) is 11.8 Å². The van der Waals surface area contributed by atoms with Gasteiger partial charge in [0.25, 0.3) is 0 Å². The second kappa shape index (κ2) is 6.58. The highest BCUT2D eigenvalue weighted by Gasteiger charge is 2.33.